The maximum atomic E-state index is 12.2. The average molecular weight is 308 g/mol. The fraction of sp³-hybridized carbons (Fsp3) is 0.818. The number of amides is 2. The Balaban J connectivity index is 2.84. The van der Waals surface area contributed by atoms with Crippen molar-refractivity contribution in [2.45, 2.75) is 25.5 Å². The molecular formula is C11H20N2O6S. The normalized spacial score (nSPS) is 23.1. The Morgan fingerprint density at radius 2 is 2.05 bits per heavy atom. The number of sulfone groups is 1. The summed E-state index contributed by atoms with van der Waals surface area (Å²) in [4.78, 5) is 25.5. The highest BCUT2D eigenvalue weighted by Crippen LogP contribution is 2.17. The Kier molecular flexibility index (Phi) is 5.35. The van der Waals surface area contributed by atoms with Gasteiger partial charge >= 0.3 is 12.0 Å². The third-order valence-electron chi connectivity index (χ3n) is 3.05. The largest absolute Gasteiger partial charge is 0.481 e. The van der Waals surface area contributed by atoms with Crippen molar-refractivity contribution in [3.8, 4) is 0 Å². The molecule has 2 atom stereocenters. The summed E-state index contributed by atoms with van der Waals surface area (Å²) in [7, 11) is -1.84. The lowest BCUT2D eigenvalue weighted by Gasteiger charge is -2.37. The van der Waals surface area contributed by atoms with Crippen molar-refractivity contribution in [1.29, 1.82) is 0 Å². The van der Waals surface area contributed by atoms with Crippen molar-refractivity contribution in [2.24, 2.45) is 0 Å². The second kappa shape index (κ2) is 6.40. The molecule has 0 saturated carbocycles. The molecule has 1 rings (SSSR count). The Bertz CT molecular complexity index is 475. The van der Waals surface area contributed by atoms with Gasteiger partial charge in [-0.05, 0) is 6.92 Å². The molecule has 1 aliphatic heterocycles. The van der Waals surface area contributed by atoms with Crippen LogP contribution in [0.15, 0.2) is 0 Å². The summed E-state index contributed by atoms with van der Waals surface area (Å²) in [5, 5.41) is 18.1. The molecule has 0 aromatic heterocycles. The van der Waals surface area contributed by atoms with Crippen LogP contribution in [-0.2, 0) is 14.6 Å². The van der Waals surface area contributed by atoms with Gasteiger partial charge in [-0.15, -0.1) is 0 Å². The lowest BCUT2D eigenvalue weighted by Crippen LogP contribution is -2.55. The van der Waals surface area contributed by atoms with Gasteiger partial charge in [0.05, 0.1) is 30.1 Å². The van der Waals surface area contributed by atoms with Crippen LogP contribution in [0, 0.1) is 0 Å². The molecule has 0 spiro atoms. The molecule has 0 bridgehead atoms. The molecule has 1 heterocycles. The number of rotatable bonds is 4. The highest BCUT2D eigenvalue weighted by Gasteiger charge is 2.36. The summed E-state index contributed by atoms with van der Waals surface area (Å²) in [6.07, 6.45) is -1.12. The number of carboxylic acids is 1. The van der Waals surface area contributed by atoms with Gasteiger partial charge in [0, 0.05) is 20.1 Å². The van der Waals surface area contributed by atoms with Gasteiger partial charge in [0.2, 0.25) is 0 Å². The summed E-state index contributed by atoms with van der Waals surface area (Å²) in [5.74, 6) is -1.66. The van der Waals surface area contributed by atoms with E-state index in [0.29, 0.717) is 0 Å². The van der Waals surface area contributed by atoms with Crippen LogP contribution in [0.2, 0.25) is 0 Å². The predicted octanol–water partition coefficient (Wildman–Crippen LogP) is -1.01. The van der Waals surface area contributed by atoms with Gasteiger partial charge in [0.1, 0.15) is 0 Å². The fourth-order valence-electron chi connectivity index (χ4n) is 2.20. The minimum Gasteiger partial charge on any atom is -0.481 e. The second-order valence-electron chi connectivity index (χ2n) is 5.07. The van der Waals surface area contributed by atoms with Gasteiger partial charge in [0.25, 0.3) is 0 Å². The van der Waals surface area contributed by atoms with Crippen molar-refractivity contribution in [3.05, 3.63) is 0 Å². The van der Waals surface area contributed by atoms with Gasteiger partial charge in [-0.1, -0.05) is 0 Å². The van der Waals surface area contributed by atoms with Crippen LogP contribution in [0.3, 0.4) is 0 Å². The molecule has 1 aliphatic rings. The number of carbonyl (C=O) groups is 2. The Morgan fingerprint density at radius 1 is 1.45 bits per heavy atom. The van der Waals surface area contributed by atoms with E-state index in [0.717, 1.165) is 0 Å². The number of carboxylic acid groups (broad SMARTS) is 1. The first-order valence-electron chi connectivity index (χ1n) is 6.24. The standard InChI is InChI=1S/C11H20N2O6S/c1-8(14)6-12(2)11(17)13-3-4-20(18,19)7-9(13)5-10(15)16/h8-9,14H,3-7H2,1-2H3,(H,15,16). The van der Waals surface area contributed by atoms with Crippen LogP contribution in [0.25, 0.3) is 0 Å². The molecule has 1 saturated heterocycles. The number of hydrogen-bond donors (Lipinski definition) is 2. The molecule has 116 valence electrons. The molecule has 8 nitrogen and oxygen atoms in total. The Labute approximate surface area is 117 Å². The van der Waals surface area contributed by atoms with E-state index in [-0.39, 0.29) is 24.6 Å². The van der Waals surface area contributed by atoms with E-state index in [1.807, 2.05) is 0 Å². The first-order chi connectivity index (χ1) is 9.12. The number of carbonyl (C=O) groups excluding carboxylic acids is 1. The lowest BCUT2D eigenvalue weighted by molar-refractivity contribution is -0.138. The zero-order valence-corrected chi connectivity index (χ0v) is 12.3. The SMILES string of the molecule is CC(O)CN(C)C(=O)N1CCS(=O)(=O)CC1CC(=O)O. The van der Waals surface area contributed by atoms with Gasteiger partial charge < -0.3 is 20.0 Å². The average Bonchev–Trinajstić information content (AvgIpc) is 2.25. The molecule has 9 heteroatoms. The molecule has 2 unspecified atom stereocenters. The second-order valence-corrected chi connectivity index (χ2v) is 7.30. The summed E-state index contributed by atoms with van der Waals surface area (Å²) in [5.41, 5.74) is 0. The minimum atomic E-state index is -3.32. The van der Waals surface area contributed by atoms with E-state index in [1.165, 1.54) is 23.8 Å². The summed E-state index contributed by atoms with van der Waals surface area (Å²) in [6.45, 7) is 1.60. The third-order valence-corrected chi connectivity index (χ3v) is 4.75. The van der Waals surface area contributed by atoms with Crippen LogP contribution in [-0.4, -0.2) is 84.2 Å². The van der Waals surface area contributed by atoms with E-state index in [9.17, 15) is 23.1 Å². The zero-order chi connectivity index (χ0) is 15.5. The minimum absolute atomic E-state index is 0.0245. The molecule has 0 aromatic rings. The summed E-state index contributed by atoms with van der Waals surface area (Å²) >= 11 is 0. The van der Waals surface area contributed by atoms with Crippen molar-refractivity contribution >= 4 is 21.8 Å². The molecule has 0 radical (unpaired) electrons. The number of aliphatic hydroxyl groups is 1. The highest BCUT2D eigenvalue weighted by molar-refractivity contribution is 7.91. The molecule has 2 amide bonds. The van der Waals surface area contributed by atoms with Gasteiger partial charge in [0.15, 0.2) is 9.84 Å². The topological polar surface area (TPSA) is 115 Å². The van der Waals surface area contributed by atoms with E-state index in [1.54, 1.807) is 0 Å². The Hall–Kier alpha value is -1.35. The van der Waals surface area contributed by atoms with Crippen LogP contribution < -0.4 is 0 Å². The van der Waals surface area contributed by atoms with Crippen molar-refractivity contribution < 1.29 is 28.2 Å². The van der Waals surface area contributed by atoms with Gasteiger partial charge in [-0.3, -0.25) is 4.79 Å². The number of hydrogen-bond acceptors (Lipinski definition) is 5. The quantitative estimate of drug-likeness (QED) is 0.688. The number of likely N-dealkylation sites (N-methyl/N-ethyl adjacent to an activating group) is 1. The van der Waals surface area contributed by atoms with Crippen LogP contribution in [0.5, 0.6) is 0 Å². The van der Waals surface area contributed by atoms with E-state index < -0.39 is 40.4 Å². The molecule has 0 aliphatic carbocycles. The monoisotopic (exact) mass is 308 g/mol. The van der Waals surface area contributed by atoms with Crippen molar-refractivity contribution in [2.75, 3.05) is 31.6 Å². The summed E-state index contributed by atoms with van der Waals surface area (Å²) in [6, 6.07) is -1.33. The van der Waals surface area contributed by atoms with Crippen molar-refractivity contribution in [1.82, 2.24) is 9.80 Å². The number of nitrogens with zero attached hydrogens (tertiary/aromatic N) is 2. The molecular weight excluding hydrogens is 288 g/mol. The molecule has 1 fully saturated rings. The van der Waals surface area contributed by atoms with E-state index >= 15 is 0 Å². The maximum absolute atomic E-state index is 12.2. The number of urea groups is 1. The van der Waals surface area contributed by atoms with E-state index in [2.05, 4.69) is 0 Å². The first kappa shape index (κ1) is 16.7. The van der Waals surface area contributed by atoms with Crippen molar-refractivity contribution in [3.63, 3.8) is 0 Å². The zero-order valence-electron chi connectivity index (χ0n) is 11.5. The lowest BCUT2D eigenvalue weighted by atomic mass is 10.2. The fourth-order valence-corrected chi connectivity index (χ4v) is 3.73. The van der Waals surface area contributed by atoms with Gasteiger partial charge in [-0.2, -0.15) is 0 Å². The van der Waals surface area contributed by atoms with Gasteiger partial charge in [-0.25, -0.2) is 13.2 Å². The number of aliphatic carboxylic acids is 1. The van der Waals surface area contributed by atoms with E-state index in [4.69, 9.17) is 5.11 Å². The van der Waals surface area contributed by atoms with Crippen LogP contribution in [0.1, 0.15) is 13.3 Å². The maximum Gasteiger partial charge on any atom is 0.320 e. The van der Waals surface area contributed by atoms with Crippen LogP contribution in [0.4, 0.5) is 4.79 Å². The summed E-state index contributed by atoms with van der Waals surface area (Å²) < 4.78 is 23.1. The smallest absolute Gasteiger partial charge is 0.320 e. The first-order valence-corrected chi connectivity index (χ1v) is 8.06. The molecule has 20 heavy (non-hydrogen) atoms. The predicted molar refractivity (Wildman–Crippen MR) is 71.1 cm³/mol. The highest BCUT2D eigenvalue weighted by atomic mass is 32.2. The molecule has 2 N–H and O–H groups in total. The van der Waals surface area contributed by atoms with Crippen LogP contribution >= 0.6 is 0 Å². The number of aliphatic hydroxyl groups excluding tert-OH is 1. The third kappa shape index (κ3) is 4.64. The molecule has 0 aromatic carbocycles. The Morgan fingerprint density at radius 3 is 2.55 bits per heavy atom.